The van der Waals surface area contributed by atoms with Gasteiger partial charge in [0.2, 0.25) is 0 Å². The summed E-state index contributed by atoms with van der Waals surface area (Å²) in [6, 6.07) is 0. The summed E-state index contributed by atoms with van der Waals surface area (Å²) in [5.74, 6) is 0.984. The quantitative estimate of drug-likeness (QED) is 0.609. The van der Waals surface area contributed by atoms with Crippen LogP contribution in [0.25, 0.3) is 0 Å². The van der Waals surface area contributed by atoms with Crippen molar-refractivity contribution in [2.45, 2.75) is 33.3 Å². The van der Waals surface area contributed by atoms with Gasteiger partial charge < -0.3 is 4.74 Å². The molecule has 1 aliphatic rings. The van der Waals surface area contributed by atoms with Crippen LogP contribution in [0, 0.1) is 0 Å². The summed E-state index contributed by atoms with van der Waals surface area (Å²) in [5, 5.41) is 0. The summed E-state index contributed by atoms with van der Waals surface area (Å²) in [6.07, 6.45) is 9.64. The molecule has 0 spiro atoms. The van der Waals surface area contributed by atoms with Gasteiger partial charge in [-0.05, 0) is 39.3 Å². The topological polar surface area (TPSA) is 9.23 Å². The molecule has 0 heterocycles. The van der Waals surface area contributed by atoms with Crippen LogP contribution in [-0.2, 0) is 4.74 Å². The van der Waals surface area contributed by atoms with Crippen molar-refractivity contribution < 1.29 is 4.74 Å². The van der Waals surface area contributed by atoms with Gasteiger partial charge in [-0.3, -0.25) is 0 Å². The van der Waals surface area contributed by atoms with E-state index >= 15 is 0 Å². The summed E-state index contributed by atoms with van der Waals surface area (Å²) in [6.45, 7) is 6.18. The largest absolute Gasteiger partial charge is 0.491 e. The number of hydrogen-bond donors (Lipinski definition) is 0. The maximum atomic E-state index is 5.56. The minimum atomic E-state index is 0.263. The average molecular weight is 164 g/mol. The fraction of sp³-hybridized carbons (Fsp3) is 0.455. The predicted molar refractivity (Wildman–Crippen MR) is 51.8 cm³/mol. The van der Waals surface area contributed by atoms with E-state index in [-0.39, 0.29) is 6.10 Å². The van der Waals surface area contributed by atoms with Gasteiger partial charge in [-0.1, -0.05) is 17.7 Å². The van der Waals surface area contributed by atoms with Gasteiger partial charge in [0.1, 0.15) is 5.76 Å². The van der Waals surface area contributed by atoms with Crippen molar-refractivity contribution in [2.75, 3.05) is 0 Å². The Hall–Kier alpha value is -0.980. The standard InChI is InChI=1S/C11H16O/c1-9(2)12-11-6-4-5-10(3)7-8-11/h5-9H,4H2,1-3H3. The fourth-order valence-corrected chi connectivity index (χ4v) is 1.07. The van der Waals surface area contributed by atoms with Crippen LogP contribution in [0.1, 0.15) is 27.2 Å². The van der Waals surface area contributed by atoms with Gasteiger partial charge in [-0.25, -0.2) is 0 Å². The van der Waals surface area contributed by atoms with Crippen molar-refractivity contribution >= 4 is 0 Å². The second-order valence-electron chi connectivity index (χ2n) is 3.29. The van der Waals surface area contributed by atoms with E-state index in [1.165, 1.54) is 5.57 Å². The molecule has 0 N–H and O–H groups in total. The molecule has 0 bridgehead atoms. The summed E-state index contributed by atoms with van der Waals surface area (Å²) in [5.41, 5.74) is 1.30. The molecule has 1 nitrogen and oxygen atoms in total. The van der Waals surface area contributed by atoms with Crippen LogP contribution >= 0.6 is 0 Å². The molecule has 66 valence electrons. The first-order valence-electron chi connectivity index (χ1n) is 4.40. The minimum absolute atomic E-state index is 0.263. The number of hydrogen-bond acceptors (Lipinski definition) is 1. The summed E-state index contributed by atoms with van der Waals surface area (Å²) < 4.78 is 5.56. The zero-order valence-electron chi connectivity index (χ0n) is 8.00. The predicted octanol–water partition coefficient (Wildman–Crippen LogP) is 3.20. The van der Waals surface area contributed by atoms with Crippen LogP contribution in [-0.4, -0.2) is 6.10 Å². The molecule has 0 fully saturated rings. The minimum Gasteiger partial charge on any atom is -0.491 e. The Labute approximate surface area is 74.4 Å². The van der Waals surface area contributed by atoms with E-state index in [9.17, 15) is 0 Å². The first-order chi connectivity index (χ1) is 5.68. The summed E-state index contributed by atoms with van der Waals surface area (Å²) in [7, 11) is 0. The molecule has 0 aliphatic heterocycles. The highest BCUT2D eigenvalue weighted by Gasteiger charge is 1.98. The van der Waals surface area contributed by atoms with Crippen molar-refractivity contribution in [2.24, 2.45) is 0 Å². The summed E-state index contributed by atoms with van der Waals surface area (Å²) >= 11 is 0. The average Bonchev–Trinajstić information content (AvgIpc) is 2.15. The van der Waals surface area contributed by atoms with Crippen molar-refractivity contribution in [1.29, 1.82) is 0 Å². The van der Waals surface area contributed by atoms with Crippen LogP contribution in [0.3, 0.4) is 0 Å². The second kappa shape index (κ2) is 4.15. The van der Waals surface area contributed by atoms with Crippen molar-refractivity contribution in [3.63, 3.8) is 0 Å². The number of rotatable bonds is 2. The molecule has 0 amide bonds. The Kier molecular flexibility index (Phi) is 3.15. The number of ether oxygens (including phenoxy) is 1. The van der Waals surface area contributed by atoms with Gasteiger partial charge in [0.25, 0.3) is 0 Å². The molecule has 12 heavy (non-hydrogen) atoms. The Bertz CT molecular complexity index is 231. The first-order valence-corrected chi connectivity index (χ1v) is 4.40. The van der Waals surface area contributed by atoms with Gasteiger partial charge in [0.05, 0.1) is 6.10 Å². The molecule has 0 atom stereocenters. The summed E-state index contributed by atoms with van der Waals surface area (Å²) in [4.78, 5) is 0. The van der Waals surface area contributed by atoms with Crippen LogP contribution in [0.2, 0.25) is 0 Å². The smallest absolute Gasteiger partial charge is 0.116 e. The highest BCUT2D eigenvalue weighted by molar-refractivity contribution is 5.28. The maximum absolute atomic E-state index is 5.56. The van der Waals surface area contributed by atoms with Gasteiger partial charge in [-0.15, -0.1) is 0 Å². The molecule has 0 saturated heterocycles. The Morgan fingerprint density at radius 3 is 2.67 bits per heavy atom. The van der Waals surface area contributed by atoms with E-state index in [2.05, 4.69) is 25.2 Å². The molecule has 1 rings (SSSR count). The molecule has 0 unspecified atom stereocenters. The SMILES string of the molecule is CC1=CCC=C(OC(C)C)C=C1. The maximum Gasteiger partial charge on any atom is 0.116 e. The lowest BCUT2D eigenvalue weighted by atomic mass is 10.2. The van der Waals surface area contributed by atoms with E-state index in [1.54, 1.807) is 0 Å². The van der Waals surface area contributed by atoms with Crippen molar-refractivity contribution in [3.05, 3.63) is 35.6 Å². The monoisotopic (exact) mass is 164 g/mol. The third-order valence-corrected chi connectivity index (χ3v) is 1.64. The zero-order chi connectivity index (χ0) is 8.97. The lowest BCUT2D eigenvalue weighted by Crippen LogP contribution is -2.00. The van der Waals surface area contributed by atoms with E-state index in [1.807, 2.05) is 19.9 Å². The highest BCUT2D eigenvalue weighted by atomic mass is 16.5. The van der Waals surface area contributed by atoms with Gasteiger partial charge in [0, 0.05) is 0 Å². The highest BCUT2D eigenvalue weighted by Crippen LogP contribution is 2.12. The van der Waals surface area contributed by atoms with E-state index < -0.39 is 0 Å². The lowest BCUT2D eigenvalue weighted by Gasteiger charge is -2.09. The van der Waals surface area contributed by atoms with Crippen molar-refractivity contribution in [1.82, 2.24) is 0 Å². The van der Waals surface area contributed by atoms with Gasteiger partial charge in [-0.2, -0.15) is 0 Å². The molecular weight excluding hydrogens is 148 g/mol. The van der Waals surface area contributed by atoms with E-state index in [4.69, 9.17) is 4.74 Å². The molecule has 0 saturated carbocycles. The Morgan fingerprint density at radius 2 is 2.00 bits per heavy atom. The fourth-order valence-electron chi connectivity index (χ4n) is 1.07. The van der Waals surface area contributed by atoms with E-state index in [0.717, 1.165) is 12.2 Å². The normalized spacial score (nSPS) is 17.0. The Morgan fingerprint density at radius 1 is 1.25 bits per heavy atom. The number of allylic oxidation sites excluding steroid dienone is 5. The molecule has 0 radical (unpaired) electrons. The van der Waals surface area contributed by atoms with Crippen LogP contribution in [0.5, 0.6) is 0 Å². The molecule has 0 aromatic rings. The van der Waals surface area contributed by atoms with Crippen molar-refractivity contribution in [3.8, 4) is 0 Å². The molecule has 0 aromatic heterocycles. The third kappa shape index (κ3) is 2.95. The third-order valence-electron chi connectivity index (χ3n) is 1.64. The van der Waals surface area contributed by atoms with Crippen LogP contribution in [0.15, 0.2) is 35.6 Å². The van der Waals surface area contributed by atoms with Gasteiger partial charge in [0.15, 0.2) is 0 Å². The van der Waals surface area contributed by atoms with Crippen LogP contribution in [0.4, 0.5) is 0 Å². The zero-order valence-corrected chi connectivity index (χ0v) is 8.00. The molecule has 1 heteroatoms. The first kappa shape index (κ1) is 9.11. The Balaban J connectivity index is 2.58. The molecule has 1 aliphatic carbocycles. The molecular formula is C11H16O. The second-order valence-corrected chi connectivity index (χ2v) is 3.29. The molecule has 0 aromatic carbocycles. The lowest BCUT2D eigenvalue weighted by molar-refractivity contribution is 0.157. The van der Waals surface area contributed by atoms with Gasteiger partial charge >= 0.3 is 0 Å². The van der Waals surface area contributed by atoms with Crippen LogP contribution < -0.4 is 0 Å². The van der Waals surface area contributed by atoms with E-state index in [0.29, 0.717) is 0 Å².